The predicted molar refractivity (Wildman–Crippen MR) is 106 cm³/mol. The highest BCUT2D eigenvalue weighted by molar-refractivity contribution is 6.36. The van der Waals surface area contributed by atoms with E-state index in [9.17, 15) is 0 Å². The Morgan fingerprint density at radius 1 is 0.880 bits per heavy atom. The van der Waals surface area contributed by atoms with Crippen LogP contribution in [-0.2, 0) is 6.42 Å². The van der Waals surface area contributed by atoms with Gasteiger partial charge in [0, 0.05) is 37.3 Å². The summed E-state index contributed by atoms with van der Waals surface area (Å²) in [5.41, 5.74) is 4.55. The van der Waals surface area contributed by atoms with Crippen molar-refractivity contribution in [2.75, 3.05) is 7.11 Å². The number of hydrogen-bond acceptors (Lipinski definition) is 2. The Bertz CT molecular complexity index is 908. The Morgan fingerprint density at radius 2 is 1.56 bits per heavy atom. The van der Waals surface area contributed by atoms with Gasteiger partial charge < -0.3 is 4.74 Å². The van der Waals surface area contributed by atoms with Crippen molar-refractivity contribution in [2.24, 2.45) is 0 Å². The zero-order valence-corrected chi connectivity index (χ0v) is 16.1. The molecule has 3 rings (SSSR count). The Labute approximate surface area is 162 Å². The van der Waals surface area contributed by atoms with E-state index in [0.29, 0.717) is 20.9 Å². The van der Waals surface area contributed by atoms with Crippen molar-refractivity contribution >= 4 is 34.8 Å². The third-order valence-electron chi connectivity index (χ3n) is 3.97. The molecule has 1 aromatic heterocycles. The van der Waals surface area contributed by atoms with E-state index in [-0.39, 0.29) is 0 Å². The standard InChI is InChI=1S/C20H16Cl3NO/c1-3-12-10-17(16-9-8-15(22)11-18(16)23)19(24-20(12)25-2)13-4-6-14(21)7-5-13/h4-11H,3H2,1-2H3. The molecular formula is C20H16Cl3NO. The van der Waals surface area contributed by atoms with Crippen LogP contribution in [0.15, 0.2) is 48.5 Å². The summed E-state index contributed by atoms with van der Waals surface area (Å²) in [6.07, 6.45) is 0.801. The number of benzene rings is 2. The van der Waals surface area contributed by atoms with Crippen LogP contribution >= 0.6 is 34.8 Å². The van der Waals surface area contributed by atoms with Crippen LogP contribution in [0.3, 0.4) is 0 Å². The maximum atomic E-state index is 6.45. The first kappa shape index (κ1) is 18.1. The normalized spacial score (nSPS) is 10.8. The van der Waals surface area contributed by atoms with E-state index in [1.165, 1.54) is 0 Å². The number of pyridine rings is 1. The molecule has 0 fully saturated rings. The quantitative estimate of drug-likeness (QED) is 0.479. The van der Waals surface area contributed by atoms with Gasteiger partial charge in [0.1, 0.15) is 0 Å². The molecular weight excluding hydrogens is 377 g/mol. The highest BCUT2D eigenvalue weighted by atomic mass is 35.5. The van der Waals surface area contributed by atoms with Gasteiger partial charge in [0.05, 0.1) is 12.8 Å². The summed E-state index contributed by atoms with van der Waals surface area (Å²) in [6.45, 7) is 2.06. The van der Waals surface area contributed by atoms with Crippen LogP contribution in [0.5, 0.6) is 5.88 Å². The number of aromatic nitrogens is 1. The smallest absolute Gasteiger partial charge is 0.216 e. The minimum atomic E-state index is 0.580. The van der Waals surface area contributed by atoms with Gasteiger partial charge in [-0.2, -0.15) is 0 Å². The largest absolute Gasteiger partial charge is 0.481 e. The van der Waals surface area contributed by atoms with Gasteiger partial charge in [-0.25, -0.2) is 4.98 Å². The van der Waals surface area contributed by atoms with E-state index in [0.717, 1.165) is 34.4 Å². The lowest BCUT2D eigenvalue weighted by Gasteiger charge is -2.15. The Balaban J connectivity index is 2.29. The maximum absolute atomic E-state index is 6.45. The molecule has 0 radical (unpaired) electrons. The molecule has 0 amide bonds. The fourth-order valence-electron chi connectivity index (χ4n) is 2.71. The van der Waals surface area contributed by atoms with E-state index in [1.807, 2.05) is 36.4 Å². The van der Waals surface area contributed by atoms with Gasteiger partial charge >= 0.3 is 0 Å². The van der Waals surface area contributed by atoms with Gasteiger partial charge in [-0.15, -0.1) is 0 Å². The third kappa shape index (κ3) is 3.77. The SMILES string of the molecule is CCc1cc(-c2ccc(Cl)cc2Cl)c(-c2ccc(Cl)cc2)nc1OC. The number of ether oxygens (including phenoxy) is 1. The first-order valence-electron chi connectivity index (χ1n) is 7.82. The van der Waals surface area contributed by atoms with E-state index in [4.69, 9.17) is 44.5 Å². The molecule has 25 heavy (non-hydrogen) atoms. The molecule has 0 bridgehead atoms. The number of hydrogen-bond donors (Lipinski definition) is 0. The van der Waals surface area contributed by atoms with Gasteiger partial charge in [0.25, 0.3) is 0 Å². The van der Waals surface area contributed by atoms with Crippen LogP contribution < -0.4 is 4.74 Å². The highest BCUT2D eigenvalue weighted by Crippen LogP contribution is 2.39. The third-order valence-corrected chi connectivity index (χ3v) is 4.77. The zero-order valence-electron chi connectivity index (χ0n) is 13.8. The van der Waals surface area contributed by atoms with E-state index in [1.54, 1.807) is 13.2 Å². The Hall–Kier alpha value is -1.74. The van der Waals surface area contributed by atoms with Crippen LogP contribution in [0.4, 0.5) is 0 Å². The molecule has 2 nitrogen and oxygen atoms in total. The molecule has 0 aliphatic heterocycles. The van der Waals surface area contributed by atoms with Crippen LogP contribution in [0, 0.1) is 0 Å². The van der Waals surface area contributed by atoms with Crippen molar-refractivity contribution in [1.82, 2.24) is 4.98 Å². The minimum Gasteiger partial charge on any atom is -0.481 e. The van der Waals surface area contributed by atoms with Crippen LogP contribution in [-0.4, -0.2) is 12.1 Å². The Morgan fingerprint density at radius 3 is 2.16 bits per heavy atom. The fourth-order valence-corrected chi connectivity index (χ4v) is 3.35. The average Bonchev–Trinajstić information content (AvgIpc) is 2.61. The number of aryl methyl sites for hydroxylation is 1. The number of halogens is 3. The molecule has 0 atom stereocenters. The van der Waals surface area contributed by atoms with Crippen molar-refractivity contribution in [3.05, 3.63) is 69.2 Å². The fraction of sp³-hybridized carbons (Fsp3) is 0.150. The molecule has 2 aromatic carbocycles. The van der Waals surface area contributed by atoms with Gasteiger partial charge in [0.2, 0.25) is 5.88 Å². The lowest BCUT2D eigenvalue weighted by molar-refractivity contribution is 0.393. The Kier molecular flexibility index (Phi) is 5.53. The van der Waals surface area contributed by atoms with Crippen molar-refractivity contribution in [3.8, 4) is 28.3 Å². The number of rotatable bonds is 4. The molecule has 0 N–H and O–H groups in total. The molecule has 0 unspecified atom stereocenters. The van der Waals surface area contributed by atoms with Gasteiger partial charge in [0.15, 0.2) is 0 Å². The number of nitrogens with zero attached hydrogens (tertiary/aromatic N) is 1. The molecule has 128 valence electrons. The van der Waals surface area contributed by atoms with Crippen LogP contribution in [0.2, 0.25) is 15.1 Å². The zero-order chi connectivity index (χ0) is 18.0. The van der Waals surface area contributed by atoms with Gasteiger partial charge in [-0.05, 0) is 36.8 Å². The molecule has 0 aliphatic carbocycles. The van der Waals surface area contributed by atoms with E-state index >= 15 is 0 Å². The maximum Gasteiger partial charge on any atom is 0.216 e. The minimum absolute atomic E-state index is 0.580. The molecule has 5 heteroatoms. The molecule has 0 saturated heterocycles. The van der Waals surface area contributed by atoms with Gasteiger partial charge in [-0.1, -0.05) is 59.9 Å². The van der Waals surface area contributed by atoms with Crippen LogP contribution in [0.1, 0.15) is 12.5 Å². The second-order valence-corrected chi connectivity index (χ2v) is 6.82. The van der Waals surface area contributed by atoms with Crippen LogP contribution in [0.25, 0.3) is 22.4 Å². The summed E-state index contributed by atoms with van der Waals surface area (Å²) in [7, 11) is 1.63. The van der Waals surface area contributed by atoms with Crippen molar-refractivity contribution < 1.29 is 4.74 Å². The topological polar surface area (TPSA) is 22.1 Å². The molecule has 0 spiro atoms. The predicted octanol–water partition coefficient (Wildman–Crippen LogP) is 6.95. The van der Waals surface area contributed by atoms with Crippen molar-refractivity contribution in [3.63, 3.8) is 0 Å². The second-order valence-electron chi connectivity index (χ2n) is 5.54. The first-order chi connectivity index (χ1) is 12.0. The van der Waals surface area contributed by atoms with E-state index in [2.05, 4.69) is 13.0 Å². The summed E-state index contributed by atoms with van der Waals surface area (Å²) in [5.74, 6) is 0.612. The summed E-state index contributed by atoms with van der Waals surface area (Å²) in [5, 5.41) is 1.85. The lowest BCUT2D eigenvalue weighted by atomic mass is 9.97. The summed E-state index contributed by atoms with van der Waals surface area (Å²) in [6, 6.07) is 15.1. The summed E-state index contributed by atoms with van der Waals surface area (Å²) in [4.78, 5) is 4.74. The lowest BCUT2D eigenvalue weighted by Crippen LogP contribution is -1.99. The summed E-state index contributed by atoms with van der Waals surface area (Å²) < 4.78 is 5.47. The van der Waals surface area contributed by atoms with Gasteiger partial charge in [-0.3, -0.25) is 0 Å². The molecule has 3 aromatic rings. The first-order valence-corrected chi connectivity index (χ1v) is 8.96. The van der Waals surface area contributed by atoms with Crippen molar-refractivity contribution in [1.29, 1.82) is 0 Å². The summed E-state index contributed by atoms with van der Waals surface area (Å²) >= 11 is 18.5. The van der Waals surface area contributed by atoms with E-state index < -0.39 is 0 Å². The highest BCUT2D eigenvalue weighted by Gasteiger charge is 2.17. The monoisotopic (exact) mass is 391 g/mol. The average molecular weight is 393 g/mol. The molecule has 0 saturated carbocycles. The van der Waals surface area contributed by atoms with Crippen molar-refractivity contribution in [2.45, 2.75) is 13.3 Å². The molecule has 1 heterocycles. The second kappa shape index (κ2) is 7.65. The molecule has 0 aliphatic rings. The number of methoxy groups -OCH3 is 1.